The van der Waals surface area contributed by atoms with Crippen LogP contribution < -0.4 is 5.32 Å². The van der Waals surface area contributed by atoms with Crippen molar-refractivity contribution in [3.8, 4) is 0 Å². The fourth-order valence-corrected chi connectivity index (χ4v) is 2.22. The van der Waals surface area contributed by atoms with Crippen molar-refractivity contribution < 1.29 is 0 Å². The molecule has 3 heteroatoms. The molecule has 2 nitrogen and oxygen atoms in total. The van der Waals surface area contributed by atoms with E-state index in [9.17, 15) is 0 Å². The lowest BCUT2D eigenvalue weighted by molar-refractivity contribution is 0.385. The predicted octanol–water partition coefficient (Wildman–Crippen LogP) is 2.71. The Morgan fingerprint density at radius 1 is 1.50 bits per heavy atom. The summed E-state index contributed by atoms with van der Waals surface area (Å²) >= 11 is 1.76. The van der Waals surface area contributed by atoms with E-state index in [2.05, 4.69) is 31.1 Å². The molecule has 0 aliphatic heterocycles. The number of aryl methyl sites for hydroxylation is 1. The van der Waals surface area contributed by atoms with Crippen LogP contribution in [0.5, 0.6) is 0 Å². The van der Waals surface area contributed by atoms with E-state index in [1.54, 1.807) is 11.3 Å². The van der Waals surface area contributed by atoms with Crippen LogP contribution in [0.15, 0.2) is 11.6 Å². The van der Waals surface area contributed by atoms with Gasteiger partial charge >= 0.3 is 0 Å². The Morgan fingerprint density at radius 2 is 2.29 bits per heavy atom. The van der Waals surface area contributed by atoms with Crippen LogP contribution in [0, 0.1) is 5.92 Å². The highest BCUT2D eigenvalue weighted by atomic mass is 32.1. The van der Waals surface area contributed by atoms with Crippen LogP contribution in [-0.2, 0) is 6.42 Å². The first kappa shape index (κ1) is 11.7. The van der Waals surface area contributed by atoms with E-state index in [-0.39, 0.29) is 0 Å². The number of aromatic nitrogens is 1. The summed E-state index contributed by atoms with van der Waals surface area (Å²) in [6, 6.07) is 0.629. The normalized spacial score (nSPS) is 13.4. The molecule has 1 N–H and O–H groups in total. The second-order valence-corrected chi connectivity index (χ2v) is 4.85. The first-order valence-electron chi connectivity index (χ1n) is 5.35. The van der Waals surface area contributed by atoms with Gasteiger partial charge in [0.2, 0.25) is 0 Å². The molecule has 1 aromatic heterocycles. The first-order valence-corrected chi connectivity index (χ1v) is 6.23. The summed E-state index contributed by atoms with van der Waals surface area (Å²) in [6.45, 7) is 7.77. The minimum absolute atomic E-state index is 0.629. The largest absolute Gasteiger partial charge is 0.314 e. The molecule has 0 aliphatic rings. The molecular weight excluding hydrogens is 192 g/mol. The molecule has 1 unspecified atom stereocenters. The molecule has 0 bridgehead atoms. The summed E-state index contributed by atoms with van der Waals surface area (Å²) in [5, 5.41) is 6.83. The number of hydrogen-bond acceptors (Lipinski definition) is 3. The monoisotopic (exact) mass is 212 g/mol. The maximum atomic E-state index is 4.30. The number of nitrogens with one attached hydrogen (secondary N) is 1. The van der Waals surface area contributed by atoms with Crippen molar-refractivity contribution in [1.82, 2.24) is 10.3 Å². The van der Waals surface area contributed by atoms with Gasteiger partial charge in [-0.1, -0.05) is 20.8 Å². The lowest BCUT2D eigenvalue weighted by atomic mass is 9.99. The van der Waals surface area contributed by atoms with Gasteiger partial charge in [0.05, 0.1) is 5.01 Å². The van der Waals surface area contributed by atoms with Crippen molar-refractivity contribution in [3.63, 3.8) is 0 Å². The second kappa shape index (κ2) is 6.14. The van der Waals surface area contributed by atoms with Gasteiger partial charge in [-0.3, -0.25) is 0 Å². The van der Waals surface area contributed by atoms with Crippen LogP contribution in [0.1, 0.15) is 32.2 Å². The Hall–Kier alpha value is -0.410. The second-order valence-electron chi connectivity index (χ2n) is 3.87. The van der Waals surface area contributed by atoms with Crippen molar-refractivity contribution in [2.45, 2.75) is 39.7 Å². The van der Waals surface area contributed by atoms with E-state index < -0.39 is 0 Å². The number of hydrogen-bond donors (Lipinski definition) is 1. The van der Waals surface area contributed by atoms with Gasteiger partial charge < -0.3 is 5.32 Å². The quantitative estimate of drug-likeness (QED) is 0.784. The molecule has 0 fully saturated rings. The molecule has 14 heavy (non-hydrogen) atoms. The minimum Gasteiger partial charge on any atom is -0.314 e. The molecule has 1 atom stereocenters. The summed E-state index contributed by atoms with van der Waals surface area (Å²) in [5.74, 6) is 0.704. The fourth-order valence-electron chi connectivity index (χ4n) is 1.59. The van der Waals surface area contributed by atoms with Crippen LogP contribution in [0.3, 0.4) is 0 Å². The van der Waals surface area contributed by atoms with Crippen LogP contribution in [-0.4, -0.2) is 17.6 Å². The zero-order valence-electron chi connectivity index (χ0n) is 9.29. The van der Waals surface area contributed by atoms with Crippen molar-refractivity contribution >= 4 is 11.3 Å². The summed E-state index contributed by atoms with van der Waals surface area (Å²) in [6.07, 6.45) is 4.18. The highest BCUT2D eigenvalue weighted by Crippen LogP contribution is 2.12. The van der Waals surface area contributed by atoms with Gasteiger partial charge in [-0.05, 0) is 18.9 Å². The summed E-state index contributed by atoms with van der Waals surface area (Å²) < 4.78 is 0. The zero-order chi connectivity index (χ0) is 10.4. The zero-order valence-corrected chi connectivity index (χ0v) is 10.1. The number of nitrogens with zero attached hydrogens (tertiary/aromatic N) is 1. The molecule has 0 aromatic carbocycles. The Morgan fingerprint density at radius 3 is 2.79 bits per heavy atom. The summed E-state index contributed by atoms with van der Waals surface area (Å²) in [5.41, 5.74) is 0. The Kier molecular flexibility index (Phi) is 5.12. The molecular formula is C11H20N2S. The third kappa shape index (κ3) is 3.76. The average molecular weight is 212 g/mol. The third-order valence-corrected chi connectivity index (χ3v) is 3.26. The molecule has 1 aromatic rings. The van der Waals surface area contributed by atoms with Gasteiger partial charge in [-0.25, -0.2) is 4.98 Å². The number of thiazole rings is 1. The number of rotatable bonds is 6. The molecule has 0 saturated heterocycles. The molecule has 0 saturated carbocycles. The van der Waals surface area contributed by atoms with Gasteiger partial charge in [-0.15, -0.1) is 11.3 Å². The molecule has 0 spiro atoms. The standard InChI is InChI=1S/C11H20N2S/c1-4-12-10(9(2)3)5-6-11-13-7-8-14-11/h7-10,12H,4-6H2,1-3H3. The highest BCUT2D eigenvalue weighted by Gasteiger charge is 2.11. The van der Waals surface area contributed by atoms with E-state index >= 15 is 0 Å². The van der Waals surface area contributed by atoms with Crippen LogP contribution in [0.4, 0.5) is 0 Å². The summed E-state index contributed by atoms with van der Waals surface area (Å²) in [7, 11) is 0. The van der Waals surface area contributed by atoms with Crippen molar-refractivity contribution in [3.05, 3.63) is 16.6 Å². The van der Waals surface area contributed by atoms with Crippen molar-refractivity contribution in [2.24, 2.45) is 5.92 Å². The van der Waals surface area contributed by atoms with E-state index in [0.29, 0.717) is 12.0 Å². The maximum Gasteiger partial charge on any atom is 0.0925 e. The maximum absolute atomic E-state index is 4.30. The average Bonchev–Trinajstić information content (AvgIpc) is 2.64. The Labute approximate surface area is 90.8 Å². The molecule has 0 amide bonds. The minimum atomic E-state index is 0.629. The van der Waals surface area contributed by atoms with Gasteiger partial charge in [0.1, 0.15) is 0 Å². The fraction of sp³-hybridized carbons (Fsp3) is 0.727. The molecule has 80 valence electrons. The lowest BCUT2D eigenvalue weighted by Gasteiger charge is -2.21. The highest BCUT2D eigenvalue weighted by molar-refractivity contribution is 7.09. The SMILES string of the molecule is CCNC(CCc1nccs1)C(C)C. The van der Waals surface area contributed by atoms with Crippen LogP contribution in [0.25, 0.3) is 0 Å². The van der Waals surface area contributed by atoms with Crippen molar-refractivity contribution in [1.29, 1.82) is 0 Å². The van der Waals surface area contributed by atoms with Crippen molar-refractivity contribution in [2.75, 3.05) is 6.54 Å². The lowest BCUT2D eigenvalue weighted by Crippen LogP contribution is -2.34. The van der Waals surface area contributed by atoms with Gasteiger partial charge in [0, 0.05) is 24.0 Å². The Balaban J connectivity index is 2.33. The van der Waals surface area contributed by atoms with E-state index in [0.717, 1.165) is 13.0 Å². The summed E-state index contributed by atoms with van der Waals surface area (Å²) in [4.78, 5) is 4.30. The van der Waals surface area contributed by atoms with E-state index in [4.69, 9.17) is 0 Å². The topological polar surface area (TPSA) is 24.9 Å². The van der Waals surface area contributed by atoms with E-state index in [1.807, 2.05) is 11.6 Å². The molecule has 0 radical (unpaired) electrons. The predicted molar refractivity (Wildman–Crippen MR) is 62.7 cm³/mol. The van der Waals surface area contributed by atoms with Gasteiger partial charge in [-0.2, -0.15) is 0 Å². The van der Waals surface area contributed by atoms with Crippen LogP contribution >= 0.6 is 11.3 Å². The van der Waals surface area contributed by atoms with Crippen LogP contribution in [0.2, 0.25) is 0 Å². The smallest absolute Gasteiger partial charge is 0.0925 e. The Bertz CT molecular complexity index is 231. The molecule has 1 heterocycles. The molecule has 1 rings (SSSR count). The van der Waals surface area contributed by atoms with E-state index in [1.165, 1.54) is 11.4 Å². The van der Waals surface area contributed by atoms with Gasteiger partial charge in [0.25, 0.3) is 0 Å². The molecule has 0 aliphatic carbocycles. The first-order chi connectivity index (χ1) is 6.74. The van der Waals surface area contributed by atoms with Gasteiger partial charge in [0.15, 0.2) is 0 Å². The third-order valence-electron chi connectivity index (χ3n) is 2.42.